The quantitative estimate of drug-likeness (QED) is 0.743. The Kier molecular flexibility index (Phi) is 4.29. The fraction of sp³-hybridized carbons (Fsp3) is 0.600. The van der Waals surface area contributed by atoms with Crippen molar-refractivity contribution in [2.24, 2.45) is 0 Å². The lowest BCUT2D eigenvalue weighted by molar-refractivity contribution is -0.155. The van der Waals surface area contributed by atoms with Gasteiger partial charge < -0.3 is 14.2 Å². The Hall–Kier alpha value is -0.330. The van der Waals surface area contributed by atoms with Crippen LogP contribution in [-0.4, -0.2) is 31.5 Å². The molecular formula is C15H19IO3. The molecule has 0 bridgehead atoms. The molecule has 0 amide bonds. The molecule has 104 valence electrons. The molecule has 1 spiro atoms. The van der Waals surface area contributed by atoms with Crippen LogP contribution < -0.4 is 4.74 Å². The number of hydrogen-bond donors (Lipinski definition) is 0. The molecule has 1 atom stereocenters. The van der Waals surface area contributed by atoms with Crippen LogP contribution in [0.4, 0.5) is 0 Å². The molecule has 0 N–H and O–H groups in total. The highest BCUT2D eigenvalue weighted by Crippen LogP contribution is 2.35. The molecule has 4 heteroatoms. The van der Waals surface area contributed by atoms with Gasteiger partial charge in [0.2, 0.25) is 0 Å². The summed E-state index contributed by atoms with van der Waals surface area (Å²) in [6, 6.07) is 8.26. The normalized spacial score (nSPS) is 26.3. The first-order valence-electron chi connectivity index (χ1n) is 6.90. The zero-order valence-corrected chi connectivity index (χ0v) is 13.1. The summed E-state index contributed by atoms with van der Waals surface area (Å²) in [6.45, 7) is 2.43. The molecule has 1 unspecified atom stereocenters. The highest BCUT2D eigenvalue weighted by Gasteiger charge is 2.39. The van der Waals surface area contributed by atoms with E-state index in [1.807, 2.05) is 12.1 Å². The van der Waals surface area contributed by atoms with Crippen molar-refractivity contribution in [1.29, 1.82) is 0 Å². The van der Waals surface area contributed by atoms with Gasteiger partial charge in [-0.15, -0.1) is 0 Å². The standard InChI is InChI=1S/C15H19IO3/c16-12-1-3-13(4-2-12)19-14-5-8-18-15(11-14)6-9-17-10-7-15/h1-4,14H,5-11H2. The third-order valence-electron chi connectivity index (χ3n) is 3.97. The van der Waals surface area contributed by atoms with Crippen molar-refractivity contribution in [1.82, 2.24) is 0 Å². The minimum Gasteiger partial charge on any atom is -0.490 e. The van der Waals surface area contributed by atoms with E-state index in [0.29, 0.717) is 0 Å². The van der Waals surface area contributed by atoms with Gasteiger partial charge in [0.05, 0.1) is 12.2 Å². The van der Waals surface area contributed by atoms with Gasteiger partial charge >= 0.3 is 0 Å². The van der Waals surface area contributed by atoms with Crippen molar-refractivity contribution < 1.29 is 14.2 Å². The molecule has 3 nitrogen and oxygen atoms in total. The van der Waals surface area contributed by atoms with E-state index >= 15 is 0 Å². The number of ether oxygens (including phenoxy) is 3. The van der Waals surface area contributed by atoms with E-state index in [0.717, 1.165) is 51.3 Å². The summed E-state index contributed by atoms with van der Waals surface area (Å²) >= 11 is 2.31. The number of benzene rings is 1. The third kappa shape index (κ3) is 3.41. The summed E-state index contributed by atoms with van der Waals surface area (Å²) in [5, 5.41) is 0. The lowest BCUT2D eigenvalue weighted by Crippen LogP contribution is -2.47. The van der Waals surface area contributed by atoms with Crippen LogP contribution in [0.5, 0.6) is 5.75 Å². The van der Waals surface area contributed by atoms with Gasteiger partial charge in [-0.25, -0.2) is 0 Å². The van der Waals surface area contributed by atoms with Crippen molar-refractivity contribution in [3.63, 3.8) is 0 Å². The average molecular weight is 374 g/mol. The molecular weight excluding hydrogens is 355 g/mol. The largest absolute Gasteiger partial charge is 0.490 e. The Morgan fingerprint density at radius 3 is 2.58 bits per heavy atom. The molecule has 2 aliphatic rings. The SMILES string of the molecule is Ic1ccc(OC2CCOC3(CCOCC3)C2)cc1. The Morgan fingerprint density at radius 1 is 1.11 bits per heavy atom. The second kappa shape index (κ2) is 5.97. The number of rotatable bonds is 2. The summed E-state index contributed by atoms with van der Waals surface area (Å²) < 4.78 is 18.8. The summed E-state index contributed by atoms with van der Waals surface area (Å²) in [6.07, 6.45) is 4.24. The first-order valence-corrected chi connectivity index (χ1v) is 7.98. The molecule has 2 fully saturated rings. The Balaban J connectivity index is 1.63. The molecule has 2 heterocycles. The van der Waals surface area contributed by atoms with E-state index < -0.39 is 0 Å². The molecule has 2 saturated heterocycles. The van der Waals surface area contributed by atoms with E-state index in [2.05, 4.69) is 34.7 Å². The molecule has 0 saturated carbocycles. The van der Waals surface area contributed by atoms with Gasteiger partial charge in [0.25, 0.3) is 0 Å². The van der Waals surface area contributed by atoms with Crippen LogP contribution in [0, 0.1) is 3.57 Å². The second-order valence-corrected chi connectivity index (χ2v) is 6.58. The monoisotopic (exact) mass is 374 g/mol. The van der Waals surface area contributed by atoms with Crippen molar-refractivity contribution in [2.45, 2.75) is 37.4 Å². The number of hydrogen-bond acceptors (Lipinski definition) is 3. The predicted molar refractivity (Wildman–Crippen MR) is 81.5 cm³/mol. The van der Waals surface area contributed by atoms with E-state index in [-0.39, 0.29) is 11.7 Å². The van der Waals surface area contributed by atoms with Crippen LogP contribution in [0.15, 0.2) is 24.3 Å². The van der Waals surface area contributed by atoms with Crippen molar-refractivity contribution >= 4 is 22.6 Å². The molecule has 19 heavy (non-hydrogen) atoms. The minimum absolute atomic E-state index is 0.00434. The van der Waals surface area contributed by atoms with Gasteiger partial charge in [-0.3, -0.25) is 0 Å². The van der Waals surface area contributed by atoms with Gasteiger partial charge in [-0.05, 0) is 59.7 Å². The Morgan fingerprint density at radius 2 is 1.84 bits per heavy atom. The molecule has 0 aromatic heterocycles. The van der Waals surface area contributed by atoms with Gasteiger partial charge in [-0.1, -0.05) is 0 Å². The number of halogens is 1. The van der Waals surface area contributed by atoms with E-state index in [4.69, 9.17) is 14.2 Å². The molecule has 1 aromatic rings. The van der Waals surface area contributed by atoms with Crippen molar-refractivity contribution in [3.8, 4) is 5.75 Å². The summed E-state index contributed by atoms with van der Waals surface area (Å²) in [5.41, 5.74) is 0.00434. The minimum atomic E-state index is 0.00434. The van der Waals surface area contributed by atoms with Crippen LogP contribution in [0.1, 0.15) is 25.7 Å². The van der Waals surface area contributed by atoms with Gasteiger partial charge in [0, 0.05) is 29.6 Å². The van der Waals surface area contributed by atoms with Crippen LogP contribution in [0.2, 0.25) is 0 Å². The van der Waals surface area contributed by atoms with E-state index in [1.54, 1.807) is 0 Å². The van der Waals surface area contributed by atoms with Crippen LogP contribution in [-0.2, 0) is 9.47 Å². The Labute approximate surface area is 127 Å². The van der Waals surface area contributed by atoms with Crippen molar-refractivity contribution in [2.75, 3.05) is 19.8 Å². The predicted octanol–water partition coefficient (Wildman–Crippen LogP) is 3.40. The smallest absolute Gasteiger partial charge is 0.119 e. The van der Waals surface area contributed by atoms with Crippen LogP contribution >= 0.6 is 22.6 Å². The lowest BCUT2D eigenvalue weighted by atomic mass is 9.85. The van der Waals surface area contributed by atoms with Crippen LogP contribution in [0.3, 0.4) is 0 Å². The molecule has 0 aliphatic carbocycles. The fourth-order valence-electron chi connectivity index (χ4n) is 2.88. The summed E-state index contributed by atoms with van der Waals surface area (Å²) in [4.78, 5) is 0. The first-order chi connectivity index (χ1) is 9.26. The zero-order chi connectivity index (χ0) is 13.1. The molecule has 2 aliphatic heterocycles. The molecule has 3 rings (SSSR count). The highest BCUT2D eigenvalue weighted by molar-refractivity contribution is 14.1. The van der Waals surface area contributed by atoms with Gasteiger partial charge in [-0.2, -0.15) is 0 Å². The van der Waals surface area contributed by atoms with Crippen LogP contribution in [0.25, 0.3) is 0 Å². The fourth-order valence-corrected chi connectivity index (χ4v) is 3.24. The summed E-state index contributed by atoms with van der Waals surface area (Å²) in [5.74, 6) is 0.967. The van der Waals surface area contributed by atoms with Gasteiger partial charge in [0.15, 0.2) is 0 Å². The molecule has 1 aromatic carbocycles. The highest BCUT2D eigenvalue weighted by atomic mass is 127. The maximum atomic E-state index is 6.11. The lowest BCUT2D eigenvalue weighted by Gasteiger charge is -2.43. The van der Waals surface area contributed by atoms with Gasteiger partial charge in [0.1, 0.15) is 11.9 Å². The zero-order valence-electron chi connectivity index (χ0n) is 10.9. The topological polar surface area (TPSA) is 27.7 Å². The van der Waals surface area contributed by atoms with Crippen molar-refractivity contribution in [3.05, 3.63) is 27.8 Å². The average Bonchev–Trinajstić information content (AvgIpc) is 2.42. The summed E-state index contributed by atoms with van der Waals surface area (Å²) in [7, 11) is 0. The Bertz CT molecular complexity index is 406. The van der Waals surface area contributed by atoms with E-state index in [9.17, 15) is 0 Å². The maximum absolute atomic E-state index is 6.11. The maximum Gasteiger partial charge on any atom is 0.119 e. The second-order valence-electron chi connectivity index (χ2n) is 5.33. The van der Waals surface area contributed by atoms with E-state index in [1.165, 1.54) is 3.57 Å². The first kappa shape index (κ1) is 13.6. The molecule has 0 radical (unpaired) electrons. The third-order valence-corrected chi connectivity index (χ3v) is 4.69.